The fraction of sp³-hybridized carbons (Fsp3) is 0. The number of aromatic nitrogens is 4. The topological polar surface area (TPSA) is 51.6 Å². The maximum atomic E-state index is 4.45. The fourth-order valence-electron chi connectivity index (χ4n) is 5.35. The summed E-state index contributed by atoms with van der Waals surface area (Å²) < 4.78 is 0. The molecular formula is C38H26N4. The molecule has 0 unspecified atom stereocenters. The van der Waals surface area contributed by atoms with E-state index in [1.165, 1.54) is 0 Å². The zero-order valence-electron chi connectivity index (χ0n) is 22.8. The highest BCUT2D eigenvalue weighted by Gasteiger charge is 2.17. The van der Waals surface area contributed by atoms with Crippen LogP contribution >= 0.6 is 0 Å². The van der Waals surface area contributed by atoms with Crippen LogP contribution in [0.25, 0.3) is 66.8 Å². The van der Waals surface area contributed by atoms with Gasteiger partial charge in [-0.05, 0) is 92.0 Å². The molecule has 0 bridgehead atoms. The van der Waals surface area contributed by atoms with Crippen LogP contribution < -0.4 is 0 Å². The lowest BCUT2D eigenvalue weighted by Crippen LogP contribution is -1.93. The first-order valence-corrected chi connectivity index (χ1v) is 13.8. The van der Waals surface area contributed by atoms with E-state index < -0.39 is 0 Å². The van der Waals surface area contributed by atoms with Crippen molar-refractivity contribution < 1.29 is 0 Å². The summed E-state index contributed by atoms with van der Waals surface area (Å²) in [5.41, 5.74) is 13.4. The van der Waals surface area contributed by atoms with Crippen LogP contribution in [-0.4, -0.2) is 19.9 Å². The van der Waals surface area contributed by atoms with Crippen molar-refractivity contribution in [2.75, 3.05) is 0 Å². The highest BCUT2D eigenvalue weighted by Crippen LogP contribution is 2.42. The Morgan fingerprint density at radius 2 is 0.548 bits per heavy atom. The number of pyridine rings is 4. The highest BCUT2D eigenvalue weighted by atomic mass is 14.6. The van der Waals surface area contributed by atoms with Crippen LogP contribution in [0.1, 0.15) is 0 Å². The Morgan fingerprint density at radius 3 is 0.857 bits per heavy atom. The van der Waals surface area contributed by atoms with E-state index in [0.29, 0.717) is 0 Å². The number of hydrogen-bond acceptors (Lipinski definition) is 4. The molecule has 0 saturated heterocycles. The predicted octanol–water partition coefficient (Wildman–Crippen LogP) is 9.27. The number of benzene rings is 3. The minimum absolute atomic E-state index is 1.06. The van der Waals surface area contributed by atoms with E-state index in [-0.39, 0.29) is 0 Å². The molecule has 7 aromatic rings. The number of nitrogens with zero attached hydrogens (tertiary/aromatic N) is 4. The second kappa shape index (κ2) is 11.4. The van der Waals surface area contributed by atoms with Crippen LogP contribution in [0.15, 0.2) is 159 Å². The van der Waals surface area contributed by atoms with Gasteiger partial charge in [0.2, 0.25) is 0 Å². The molecule has 0 N–H and O–H groups in total. The number of rotatable bonds is 6. The van der Waals surface area contributed by atoms with Crippen LogP contribution in [0.5, 0.6) is 0 Å². The van der Waals surface area contributed by atoms with Crippen molar-refractivity contribution in [1.82, 2.24) is 19.9 Å². The summed E-state index contributed by atoms with van der Waals surface area (Å²) >= 11 is 0. The molecule has 7 rings (SSSR count). The molecule has 4 heteroatoms. The standard InChI is InChI=1S/C38H26N4/c1-5-31(23-39-17-1)27-9-13-29(14-10-27)35-21-36(30-15-11-28(12-16-30)32-6-2-18-40-24-32)38(34-8-4-20-42-26-34)22-37(35)33-7-3-19-41-25-33/h1-26H. The third kappa shape index (κ3) is 5.09. The first-order chi connectivity index (χ1) is 20.8. The smallest absolute Gasteiger partial charge is 0.0346 e. The molecule has 0 spiro atoms. The SMILES string of the molecule is c1cncc(-c2ccc(-c3cc(-c4ccc(-c5cccnc5)cc4)c(-c4cccnc4)cc3-c3cccnc3)cc2)c1. The van der Waals surface area contributed by atoms with Crippen molar-refractivity contribution >= 4 is 0 Å². The minimum atomic E-state index is 1.06. The zero-order chi connectivity index (χ0) is 28.1. The Kier molecular flexibility index (Phi) is 6.85. The second-order valence-corrected chi connectivity index (χ2v) is 10.1. The summed E-state index contributed by atoms with van der Waals surface area (Å²) in [6, 6.07) is 38.3. The average Bonchev–Trinajstić information content (AvgIpc) is 3.09. The van der Waals surface area contributed by atoms with Crippen molar-refractivity contribution in [2.24, 2.45) is 0 Å². The maximum Gasteiger partial charge on any atom is 0.0346 e. The van der Waals surface area contributed by atoms with Crippen LogP contribution in [0.3, 0.4) is 0 Å². The van der Waals surface area contributed by atoms with E-state index in [1.54, 1.807) is 12.4 Å². The van der Waals surface area contributed by atoms with Gasteiger partial charge in [0.1, 0.15) is 0 Å². The molecular weight excluding hydrogens is 512 g/mol. The summed E-state index contributed by atoms with van der Waals surface area (Å²) in [6.07, 6.45) is 14.9. The third-order valence-corrected chi connectivity index (χ3v) is 7.48. The quantitative estimate of drug-likeness (QED) is 0.212. The van der Waals surface area contributed by atoms with Crippen LogP contribution in [0.2, 0.25) is 0 Å². The molecule has 0 saturated carbocycles. The Balaban J connectivity index is 1.42. The fourth-order valence-corrected chi connectivity index (χ4v) is 5.35. The average molecular weight is 539 g/mol. The van der Waals surface area contributed by atoms with E-state index in [9.17, 15) is 0 Å². The van der Waals surface area contributed by atoms with Gasteiger partial charge in [-0.2, -0.15) is 0 Å². The summed E-state index contributed by atoms with van der Waals surface area (Å²) in [5, 5.41) is 0. The van der Waals surface area contributed by atoms with Crippen LogP contribution in [0.4, 0.5) is 0 Å². The normalized spacial score (nSPS) is 10.9. The van der Waals surface area contributed by atoms with Gasteiger partial charge < -0.3 is 0 Å². The molecule has 0 atom stereocenters. The molecule has 3 aromatic carbocycles. The molecule has 42 heavy (non-hydrogen) atoms. The van der Waals surface area contributed by atoms with Crippen molar-refractivity contribution in [3.05, 3.63) is 159 Å². The molecule has 0 aliphatic heterocycles. The molecule has 0 fully saturated rings. The van der Waals surface area contributed by atoms with Gasteiger partial charge >= 0.3 is 0 Å². The largest absolute Gasteiger partial charge is 0.264 e. The van der Waals surface area contributed by atoms with Gasteiger partial charge in [0.25, 0.3) is 0 Å². The van der Waals surface area contributed by atoms with Gasteiger partial charge in [0, 0.05) is 60.7 Å². The van der Waals surface area contributed by atoms with Crippen molar-refractivity contribution in [1.29, 1.82) is 0 Å². The Hall–Kier alpha value is -5.74. The van der Waals surface area contributed by atoms with Crippen molar-refractivity contribution in [3.63, 3.8) is 0 Å². The van der Waals surface area contributed by atoms with Crippen molar-refractivity contribution in [3.8, 4) is 66.8 Å². The lowest BCUT2D eigenvalue weighted by atomic mass is 9.86. The maximum absolute atomic E-state index is 4.45. The summed E-state index contributed by atoms with van der Waals surface area (Å²) in [7, 11) is 0. The van der Waals surface area contributed by atoms with Crippen molar-refractivity contribution in [2.45, 2.75) is 0 Å². The van der Waals surface area contributed by atoms with Gasteiger partial charge in [-0.1, -0.05) is 72.8 Å². The summed E-state index contributed by atoms with van der Waals surface area (Å²) in [5.74, 6) is 0. The van der Waals surface area contributed by atoms with Gasteiger partial charge in [0.15, 0.2) is 0 Å². The molecule has 0 aliphatic rings. The first kappa shape index (κ1) is 25.2. The summed E-state index contributed by atoms with van der Waals surface area (Å²) in [6.45, 7) is 0. The third-order valence-electron chi connectivity index (χ3n) is 7.48. The molecule has 0 aliphatic carbocycles. The predicted molar refractivity (Wildman–Crippen MR) is 170 cm³/mol. The molecule has 4 nitrogen and oxygen atoms in total. The van der Waals surface area contributed by atoms with E-state index in [4.69, 9.17) is 0 Å². The van der Waals surface area contributed by atoms with Gasteiger partial charge in [-0.25, -0.2) is 0 Å². The minimum Gasteiger partial charge on any atom is -0.264 e. The second-order valence-electron chi connectivity index (χ2n) is 10.1. The Morgan fingerprint density at radius 1 is 0.262 bits per heavy atom. The van der Waals surface area contributed by atoms with E-state index in [2.05, 4.69) is 105 Å². The molecule has 0 amide bonds. The highest BCUT2D eigenvalue weighted by molar-refractivity contribution is 5.95. The number of hydrogen-bond donors (Lipinski definition) is 0. The lowest BCUT2D eigenvalue weighted by Gasteiger charge is -2.18. The monoisotopic (exact) mass is 538 g/mol. The lowest BCUT2D eigenvalue weighted by molar-refractivity contribution is 1.32. The molecule has 0 radical (unpaired) electrons. The molecule has 4 heterocycles. The van der Waals surface area contributed by atoms with Gasteiger partial charge in [-0.15, -0.1) is 0 Å². The Bertz CT molecular complexity index is 1780. The van der Waals surface area contributed by atoms with E-state index in [1.807, 2.05) is 61.4 Å². The Labute approximate surface area is 245 Å². The zero-order valence-corrected chi connectivity index (χ0v) is 22.8. The molecule has 198 valence electrons. The summed E-state index contributed by atoms with van der Waals surface area (Å²) in [4.78, 5) is 17.5. The van der Waals surface area contributed by atoms with Gasteiger partial charge in [0.05, 0.1) is 0 Å². The molecule has 4 aromatic heterocycles. The van der Waals surface area contributed by atoms with Crippen LogP contribution in [-0.2, 0) is 0 Å². The van der Waals surface area contributed by atoms with E-state index >= 15 is 0 Å². The first-order valence-electron chi connectivity index (χ1n) is 13.8. The van der Waals surface area contributed by atoms with Gasteiger partial charge in [-0.3, -0.25) is 19.9 Å². The van der Waals surface area contributed by atoms with E-state index in [0.717, 1.165) is 66.8 Å². The van der Waals surface area contributed by atoms with Crippen LogP contribution in [0, 0.1) is 0 Å².